The molecule has 190 valence electrons. The van der Waals surface area contributed by atoms with E-state index in [0.29, 0.717) is 42.1 Å². The molecule has 1 aromatic rings. The number of ketones is 1. The highest BCUT2D eigenvalue weighted by Gasteiger charge is 2.58. The summed E-state index contributed by atoms with van der Waals surface area (Å²) in [7, 11) is 0. The molecule has 0 amide bonds. The number of aromatic nitrogens is 2. The maximum Gasteiger partial charge on any atom is 0.154 e. The van der Waals surface area contributed by atoms with Crippen LogP contribution in [0.25, 0.3) is 0 Å². The first-order valence-corrected chi connectivity index (χ1v) is 14.4. The molecule has 9 atom stereocenters. The van der Waals surface area contributed by atoms with Crippen molar-refractivity contribution in [1.82, 2.24) is 9.78 Å². The Labute approximate surface area is 210 Å². The first-order valence-electron chi connectivity index (χ1n) is 14.4. The lowest BCUT2D eigenvalue weighted by Gasteiger charge is -2.58. The fourth-order valence-electron chi connectivity index (χ4n) is 9.36. The van der Waals surface area contributed by atoms with Crippen LogP contribution in [0, 0.1) is 58.2 Å². The van der Waals surface area contributed by atoms with Gasteiger partial charge in [0.05, 0.1) is 29.6 Å². The van der Waals surface area contributed by atoms with Crippen molar-refractivity contribution in [1.29, 1.82) is 5.26 Å². The molecular weight excluding hydrogens is 434 g/mol. The van der Waals surface area contributed by atoms with Gasteiger partial charge in [-0.2, -0.15) is 10.4 Å². The number of Topliss-reactive ketones (excluding diaryl/α,β-unsaturated/α-hetero) is 1. The molecule has 0 aromatic carbocycles. The van der Waals surface area contributed by atoms with E-state index < -0.39 is 5.60 Å². The topological polar surface area (TPSA) is 78.9 Å². The number of rotatable bonds is 6. The maximum atomic E-state index is 13.5. The number of fused-ring (bicyclic) bond motifs is 3. The molecule has 0 radical (unpaired) electrons. The van der Waals surface area contributed by atoms with Gasteiger partial charge >= 0.3 is 0 Å². The zero-order chi connectivity index (χ0) is 24.5. The average Bonchev–Trinajstić information content (AvgIpc) is 3.72. The zero-order valence-electron chi connectivity index (χ0n) is 21.9. The van der Waals surface area contributed by atoms with Crippen LogP contribution in [0.5, 0.6) is 0 Å². The number of nitriles is 1. The van der Waals surface area contributed by atoms with Gasteiger partial charge in [-0.15, -0.1) is 0 Å². The van der Waals surface area contributed by atoms with Gasteiger partial charge in [0.2, 0.25) is 0 Å². The van der Waals surface area contributed by atoms with Gasteiger partial charge in [-0.3, -0.25) is 9.48 Å². The quantitative estimate of drug-likeness (QED) is 0.557. The fraction of sp³-hybridized carbons (Fsp3) is 0.833. The predicted octanol–water partition coefficient (Wildman–Crippen LogP) is 5.86. The molecule has 5 fully saturated rings. The summed E-state index contributed by atoms with van der Waals surface area (Å²) in [5.41, 5.74) is 1.25. The van der Waals surface area contributed by atoms with Crippen LogP contribution in [0.4, 0.5) is 0 Å². The molecule has 1 aromatic heterocycles. The predicted molar refractivity (Wildman–Crippen MR) is 134 cm³/mol. The van der Waals surface area contributed by atoms with Crippen molar-refractivity contribution >= 4 is 5.78 Å². The third-order valence-corrected chi connectivity index (χ3v) is 11.1. The lowest BCUT2D eigenvalue weighted by molar-refractivity contribution is -0.131. The number of hydrogen-bond donors (Lipinski definition) is 1. The minimum Gasteiger partial charge on any atom is -0.390 e. The SMILES string of the molecule is C[C@H]1C[C@H]1[C@H]1[C@@H]2CC[C@@H]3C[C@](C)(O)CC[C@@H]3[C@H]2CC[C@]1(C)CC(=O)Cn1ncc(C#N)c1C1CC1. The van der Waals surface area contributed by atoms with Crippen molar-refractivity contribution in [2.24, 2.45) is 46.8 Å². The normalized spacial score (nSPS) is 44.7. The molecule has 0 saturated heterocycles. The lowest BCUT2D eigenvalue weighted by Crippen LogP contribution is -2.52. The Morgan fingerprint density at radius 2 is 1.86 bits per heavy atom. The van der Waals surface area contributed by atoms with Crippen LogP contribution in [0.1, 0.15) is 109 Å². The summed E-state index contributed by atoms with van der Waals surface area (Å²) < 4.78 is 1.85. The molecule has 5 heteroatoms. The van der Waals surface area contributed by atoms with Gasteiger partial charge in [0.1, 0.15) is 6.07 Å². The van der Waals surface area contributed by atoms with E-state index in [4.69, 9.17) is 0 Å². The standard InChI is InChI=1S/C30H43N3O2/c1-18-12-26(18)27-25-7-6-20-13-30(3,35)11-9-23(20)24(25)8-10-29(27,2)14-22(34)17-33-28(19-4-5-19)21(15-31)16-32-33/h16,18-20,23-27,35H,4-14,17H2,1-3H3/t18-,20+,23-,24+,25+,26+,27+,29+,30+/m0/s1. The van der Waals surface area contributed by atoms with Gasteiger partial charge in [0, 0.05) is 12.3 Å². The monoisotopic (exact) mass is 477 g/mol. The van der Waals surface area contributed by atoms with Crippen molar-refractivity contribution in [3.63, 3.8) is 0 Å². The minimum atomic E-state index is -0.467. The van der Waals surface area contributed by atoms with Crippen molar-refractivity contribution < 1.29 is 9.90 Å². The Morgan fingerprint density at radius 1 is 1.11 bits per heavy atom. The Kier molecular flexibility index (Phi) is 5.72. The molecule has 5 nitrogen and oxygen atoms in total. The van der Waals surface area contributed by atoms with Gasteiger partial charge in [0.25, 0.3) is 0 Å². The van der Waals surface area contributed by atoms with E-state index in [-0.39, 0.29) is 5.41 Å². The molecule has 6 rings (SSSR count). The summed E-state index contributed by atoms with van der Waals surface area (Å²) >= 11 is 0. The summed E-state index contributed by atoms with van der Waals surface area (Å²) in [6.45, 7) is 7.21. The summed E-state index contributed by atoms with van der Waals surface area (Å²) in [4.78, 5) is 13.5. The number of carbonyl (C=O) groups is 1. The second-order valence-corrected chi connectivity index (χ2v) is 13.9. The van der Waals surface area contributed by atoms with Crippen molar-refractivity contribution in [2.45, 2.75) is 109 Å². The fourth-order valence-corrected chi connectivity index (χ4v) is 9.36. The Balaban J connectivity index is 1.20. The van der Waals surface area contributed by atoms with E-state index in [1.54, 1.807) is 6.20 Å². The number of aliphatic hydroxyl groups is 1. The number of nitrogens with zero attached hydrogens (tertiary/aromatic N) is 3. The van der Waals surface area contributed by atoms with Gasteiger partial charge in [-0.1, -0.05) is 13.8 Å². The highest BCUT2D eigenvalue weighted by molar-refractivity contribution is 5.79. The van der Waals surface area contributed by atoms with Crippen LogP contribution >= 0.6 is 0 Å². The summed E-state index contributed by atoms with van der Waals surface area (Å²) in [5, 5.41) is 24.7. The second-order valence-electron chi connectivity index (χ2n) is 13.9. The summed E-state index contributed by atoms with van der Waals surface area (Å²) in [5.74, 6) is 5.94. The van der Waals surface area contributed by atoms with Gasteiger partial charge in [0.15, 0.2) is 5.78 Å². The third-order valence-electron chi connectivity index (χ3n) is 11.1. The highest BCUT2D eigenvalue weighted by Crippen LogP contribution is 2.65. The third kappa shape index (κ3) is 4.28. The summed E-state index contributed by atoms with van der Waals surface area (Å²) in [6.07, 6.45) is 13.9. The highest BCUT2D eigenvalue weighted by atomic mass is 16.3. The van der Waals surface area contributed by atoms with Crippen LogP contribution in [0.15, 0.2) is 6.20 Å². The van der Waals surface area contributed by atoms with E-state index in [9.17, 15) is 15.2 Å². The molecule has 5 saturated carbocycles. The first kappa shape index (κ1) is 23.7. The maximum absolute atomic E-state index is 13.5. The van der Waals surface area contributed by atoms with Gasteiger partial charge in [-0.25, -0.2) is 0 Å². The van der Waals surface area contributed by atoms with Crippen LogP contribution in [0.2, 0.25) is 0 Å². The van der Waals surface area contributed by atoms with E-state index in [0.717, 1.165) is 67.4 Å². The van der Waals surface area contributed by atoms with E-state index in [1.165, 1.54) is 32.1 Å². The van der Waals surface area contributed by atoms with Crippen LogP contribution in [-0.2, 0) is 11.3 Å². The van der Waals surface area contributed by atoms with Crippen LogP contribution < -0.4 is 0 Å². The van der Waals surface area contributed by atoms with Crippen molar-refractivity contribution in [3.8, 4) is 6.07 Å². The Morgan fingerprint density at radius 3 is 2.54 bits per heavy atom. The van der Waals surface area contributed by atoms with Crippen molar-refractivity contribution in [2.75, 3.05) is 0 Å². The van der Waals surface area contributed by atoms with Gasteiger partial charge in [-0.05, 0) is 118 Å². The zero-order valence-corrected chi connectivity index (χ0v) is 21.9. The van der Waals surface area contributed by atoms with Crippen LogP contribution in [0.3, 0.4) is 0 Å². The van der Waals surface area contributed by atoms with Crippen LogP contribution in [-0.4, -0.2) is 26.3 Å². The number of hydrogen-bond acceptors (Lipinski definition) is 4. The first-order chi connectivity index (χ1) is 16.7. The molecular formula is C30H43N3O2. The average molecular weight is 478 g/mol. The Bertz CT molecular complexity index is 1030. The molecule has 1 heterocycles. The largest absolute Gasteiger partial charge is 0.390 e. The molecule has 0 bridgehead atoms. The second kappa shape index (κ2) is 8.44. The molecule has 0 aliphatic heterocycles. The molecule has 0 spiro atoms. The molecule has 35 heavy (non-hydrogen) atoms. The van der Waals surface area contributed by atoms with E-state index in [1.807, 2.05) is 11.6 Å². The smallest absolute Gasteiger partial charge is 0.154 e. The Hall–Kier alpha value is -1.67. The lowest BCUT2D eigenvalue weighted by atomic mass is 9.47. The molecule has 0 unspecified atom stereocenters. The van der Waals surface area contributed by atoms with E-state index in [2.05, 4.69) is 25.0 Å². The molecule has 5 aliphatic carbocycles. The van der Waals surface area contributed by atoms with Gasteiger partial charge < -0.3 is 5.11 Å². The molecule has 1 N–H and O–H groups in total. The molecule has 5 aliphatic rings. The summed E-state index contributed by atoms with van der Waals surface area (Å²) in [6, 6.07) is 2.28. The van der Waals surface area contributed by atoms with Crippen molar-refractivity contribution in [3.05, 3.63) is 17.5 Å². The number of carbonyl (C=O) groups excluding carboxylic acids is 1. The minimum absolute atomic E-state index is 0.0750. The van der Waals surface area contributed by atoms with E-state index >= 15 is 0 Å².